The van der Waals surface area contributed by atoms with Gasteiger partial charge in [0.05, 0.1) is 13.2 Å². The quantitative estimate of drug-likeness (QED) is 0.786. The zero-order chi connectivity index (χ0) is 10.8. The fourth-order valence-corrected chi connectivity index (χ4v) is 2.37. The largest absolute Gasteiger partial charge is 0.490 e. The Labute approximate surface area is 95.8 Å². The lowest BCUT2D eigenvalue weighted by Crippen LogP contribution is -2.12. The third-order valence-electron chi connectivity index (χ3n) is 3.23. The molecule has 1 N–H and O–H groups in total. The predicted octanol–water partition coefficient (Wildman–Crippen LogP) is 2.27. The van der Waals surface area contributed by atoms with Crippen LogP contribution in [0.1, 0.15) is 30.9 Å². The Kier molecular flexibility index (Phi) is 2.70. The lowest BCUT2D eigenvalue weighted by molar-refractivity contribution is 0.297. The fourth-order valence-electron chi connectivity index (χ4n) is 2.37. The molecule has 2 aliphatic heterocycles. The third kappa shape index (κ3) is 1.87. The minimum atomic E-state index is 0.497. The average molecular weight is 219 g/mol. The van der Waals surface area contributed by atoms with Crippen LogP contribution in [-0.2, 0) is 0 Å². The molecule has 0 aromatic heterocycles. The van der Waals surface area contributed by atoms with Gasteiger partial charge in [-0.05, 0) is 37.1 Å². The predicted molar refractivity (Wildman–Crippen MR) is 62.0 cm³/mol. The Balaban J connectivity index is 1.88. The van der Waals surface area contributed by atoms with Gasteiger partial charge in [0.1, 0.15) is 0 Å². The SMILES string of the molecule is c1cc2c(cc1[C@H]1CCCN1)OCCCO2. The van der Waals surface area contributed by atoms with Crippen molar-refractivity contribution in [1.82, 2.24) is 5.32 Å². The summed E-state index contributed by atoms with van der Waals surface area (Å²) in [5, 5.41) is 3.50. The van der Waals surface area contributed by atoms with Crippen LogP contribution in [0.15, 0.2) is 18.2 Å². The molecule has 1 aromatic rings. The van der Waals surface area contributed by atoms with E-state index in [0.717, 1.165) is 37.7 Å². The first-order valence-electron chi connectivity index (χ1n) is 6.06. The molecule has 0 aliphatic carbocycles. The Morgan fingerprint density at radius 1 is 1.06 bits per heavy atom. The summed E-state index contributed by atoms with van der Waals surface area (Å²) in [6.07, 6.45) is 3.45. The van der Waals surface area contributed by atoms with Gasteiger partial charge in [0, 0.05) is 12.5 Å². The van der Waals surface area contributed by atoms with Crippen molar-refractivity contribution in [1.29, 1.82) is 0 Å². The van der Waals surface area contributed by atoms with Crippen molar-refractivity contribution in [2.24, 2.45) is 0 Å². The molecule has 0 unspecified atom stereocenters. The molecule has 1 fully saturated rings. The highest BCUT2D eigenvalue weighted by Gasteiger charge is 2.18. The summed E-state index contributed by atoms with van der Waals surface area (Å²) in [7, 11) is 0. The summed E-state index contributed by atoms with van der Waals surface area (Å²) in [6.45, 7) is 2.64. The van der Waals surface area contributed by atoms with Crippen LogP contribution in [0.4, 0.5) is 0 Å². The molecular formula is C13H17NO2. The maximum atomic E-state index is 5.70. The van der Waals surface area contributed by atoms with E-state index in [4.69, 9.17) is 9.47 Å². The molecule has 3 nitrogen and oxygen atoms in total. The minimum Gasteiger partial charge on any atom is -0.490 e. The highest BCUT2D eigenvalue weighted by Crippen LogP contribution is 2.34. The zero-order valence-electron chi connectivity index (χ0n) is 9.37. The maximum absolute atomic E-state index is 5.70. The van der Waals surface area contributed by atoms with E-state index in [1.807, 2.05) is 6.07 Å². The topological polar surface area (TPSA) is 30.5 Å². The third-order valence-corrected chi connectivity index (χ3v) is 3.23. The van der Waals surface area contributed by atoms with Crippen LogP contribution in [-0.4, -0.2) is 19.8 Å². The van der Waals surface area contributed by atoms with E-state index in [9.17, 15) is 0 Å². The zero-order valence-corrected chi connectivity index (χ0v) is 9.37. The first-order valence-corrected chi connectivity index (χ1v) is 6.06. The normalized spacial score (nSPS) is 24.1. The summed E-state index contributed by atoms with van der Waals surface area (Å²) < 4.78 is 11.3. The first-order chi connectivity index (χ1) is 7.93. The van der Waals surface area contributed by atoms with Crippen LogP contribution in [0.5, 0.6) is 11.5 Å². The fraction of sp³-hybridized carbons (Fsp3) is 0.538. The summed E-state index contributed by atoms with van der Waals surface area (Å²) in [5.74, 6) is 1.79. The second-order valence-corrected chi connectivity index (χ2v) is 4.41. The Bertz CT molecular complexity index is 372. The van der Waals surface area contributed by atoms with Gasteiger partial charge in [-0.25, -0.2) is 0 Å². The second kappa shape index (κ2) is 4.34. The van der Waals surface area contributed by atoms with Crippen molar-refractivity contribution in [3.63, 3.8) is 0 Å². The van der Waals surface area contributed by atoms with Gasteiger partial charge in [-0.15, -0.1) is 0 Å². The molecule has 2 aliphatic rings. The van der Waals surface area contributed by atoms with Crippen LogP contribution < -0.4 is 14.8 Å². The van der Waals surface area contributed by atoms with Gasteiger partial charge in [-0.3, -0.25) is 0 Å². The van der Waals surface area contributed by atoms with Gasteiger partial charge in [0.25, 0.3) is 0 Å². The van der Waals surface area contributed by atoms with E-state index in [-0.39, 0.29) is 0 Å². The van der Waals surface area contributed by atoms with Gasteiger partial charge in [0.15, 0.2) is 11.5 Å². The average Bonchev–Trinajstić information content (AvgIpc) is 2.74. The second-order valence-electron chi connectivity index (χ2n) is 4.41. The lowest BCUT2D eigenvalue weighted by atomic mass is 10.0. The van der Waals surface area contributed by atoms with Crippen LogP contribution >= 0.6 is 0 Å². The van der Waals surface area contributed by atoms with Crippen molar-refractivity contribution in [3.05, 3.63) is 23.8 Å². The number of nitrogens with one attached hydrogen (secondary N) is 1. The standard InChI is InChI=1S/C13H17NO2/c1-3-11(14-6-1)10-4-5-12-13(9-10)16-8-2-7-15-12/h4-5,9,11,14H,1-3,6-8H2/t11-/m1/s1. The molecule has 1 saturated heterocycles. The van der Waals surface area contributed by atoms with Crippen molar-refractivity contribution in [2.75, 3.05) is 19.8 Å². The van der Waals surface area contributed by atoms with Gasteiger partial charge < -0.3 is 14.8 Å². The number of hydrogen-bond acceptors (Lipinski definition) is 3. The van der Waals surface area contributed by atoms with Gasteiger partial charge >= 0.3 is 0 Å². The Hall–Kier alpha value is -1.22. The highest BCUT2D eigenvalue weighted by molar-refractivity contribution is 5.44. The Morgan fingerprint density at radius 3 is 2.75 bits per heavy atom. The molecule has 0 radical (unpaired) electrons. The van der Waals surface area contributed by atoms with E-state index in [1.165, 1.54) is 18.4 Å². The van der Waals surface area contributed by atoms with Gasteiger partial charge in [-0.1, -0.05) is 6.07 Å². The maximum Gasteiger partial charge on any atom is 0.161 e. The number of benzene rings is 1. The number of rotatable bonds is 1. The van der Waals surface area contributed by atoms with E-state index in [0.29, 0.717) is 6.04 Å². The minimum absolute atomic E-state index is 0.497. The van der Waals surface area contributed by atoms with E-state index >= 15 is 0 Å². The molecule has 0 saturated carbocycles. The summed E-state index contributed by atoms with van der Waals surface area (Å²) in [5.41, 5.74) is 1.32. The van der Waals surface area contributed by atoms with Gasteiger partial charge in [0.2, 0.25) is 0 Å². The van der Waals surface area contributed by atoms with E-state index in [2.05, 4.69) is 17.4 Å². The van der Waals surface area contributed by atoms with Crippen molar-refractivity contribution in [3.8, 4) is 11.5 Å². The number of ether oxygens (including phenoxy) is 2. The highest BCUT2D eigenvalue weighted by atomic mass is 16.5. The molecule has 2 heterocycles. The molecule has 1 aromatic carbocycles. The molecule has 3 rings (SSSR count). The van der Waals surface area contributed by atoms with Crippen LogP contribution in [0.3, 0.4) is 0 Å². The smallest absolute Gasteiger partial charge is 0.161 e. The molecule has 0 spiro atoms. The first kappa shape index (κ1) is 9.97. The molecule has 0 amide bonds. The van der Waals surface area contributed by atoms with Crippen molar-refractivity contribution < 1.29 is 9.47 Å². The summed E-state index contributed by atoms with van der Waals surface area (Å²) in [4.78, 5) is 0. The molecule has 16 heavy (non-hydrogen) atoms. The molecule has 3 heteroatoms. The number of hydrogen-bond donors (Lipinski definition) is 1. The molecule has 0 bridgehead atoms. The van der Waals surface area contributed by atoms with Crippen molar-refractivity contribution in [2.45, 2.75) is 25.3 Å². The summed E-state index contributed by atoms with van der Waals surface area (Å²) >= 11 is 0. The molecule has 86 valence electrons. The van der Waals surface area contributed by atoms with Gasteiger partial charge in [-0.2, -0.15) is 0 Å². The summed E-state index contributed by atoms with van der Waals surface area (Å²) in [6, 6.07) is 6.81. The van der Waals surface area contributed by atoms with E-state index < -0.39 is 0 Å². The van der Waals surface area contributed by atoms with Crippen molar-refractivity contribution >= 4 is 0 Å². The van der Waals surface area contributed by atoms with Crippen LogP contribution in [0.25, 0.3) is 0 Å². The lowest BCUT2D eigenvalue weighted by Gasteiger charge is -2.13. The molecule has 1 atom stereocenters. The van der Waals surface area contributed by atoms with Crippen LogP contribution in [0, 0.1) is 0 Å². The monoisotopic (exact) mass is 219 g/mol. The van der Waals surface area contributed by atoms with Crippen LogP contribution in [0.2, 0.25) is 0 Å². The van der Waals surface area contributed by atoms with E-state index in [1.54, 1.807) is 0 Å². The number of fused-ring (bicyclic) bond motifs is 1. The molecular weight excluding hydrogens is 202 g/mol. The Morgan fingerprint density at radius 2 is 1.94 bits per heavy atom.